The van der Waals surface area contributed by atoms with Crippen LogP contribution in [-0.2, 0) is 14.9 Å². The molecule has 7 heteroatoms. The summed E-state index contributed by atoms with van der Waals surface area (Å²) in [6.45, 7) is 4.47. The summed E-state index contributed by atoms with van der Waals surface area (Å²) in [5, 5.41) is 13.1. The average Bonchev–Trinajstić information content (AvgIpc) is 2.96. The van der Waals surface area contributed by atoms with Crippen LogP contribution < -0.4 is 5.32 Å². The van der Waals surface area contributed by atoms with Gasteiger partial charge in [-0.1, -0.05) is 167 Å². The van der Waals surface area contributed by atoms with Crippen molar-refractivity contribution in [3.63, 3.8) is 0 Å². The Morgan fingerprint density at radius 2 is 1.00 bits per heavy atom. The van der Waals surface area contributed by atoms with Gasteiger partial charge < -0.3 is 10.4 Å². The number of aliphatic hydroxyl groups is 1. The molecule has 0 bridgehead atoms. The third-order valence-electron chi connectivity index (χ3n) is 8.13. The maximum atomic E-state index is 12.3. The molecule has 0 radical (unpaired) electrons. The van der Waals surface area contributed by atoms with Crippen molar-refractivity contribution < 1.29 is 22.9 Å². The maximum absolute atomic E-state index is 12.3. The fourth-order valence-electron chi connectivity index (χ4n) is 5.41. The number of aliphatic hydroxyl groups excluding tert-OH is 1. The molecule has 0 aromatic heterocycles. The van der Waals surface area contributed by atoms with Crippen LogP contribution in [0.2, 0.25) is 0 Å². The van der Waals surface area contributed by atoms with E-state index in [0.717, 1.165) is 38.5 Å². The number of amides is 1. The van der Waals surface area contributed by atoms with E-state index in [4.69, 9.17) is 0 Å². The summed E-state index contributed by atoms with van der Waals surface area (Å²) >= 11 is 0. The molecule has 0 aromatic carbocycles. The van der Waals surface area contributed by atoms with Gasteiger partial charge in [-0.3, -0.25) is 9.35 Å². The average molecular weight is 628 g/mol. The summed E-state index contributed by atoms with van der Waals surface area (Å²) in [6, 6.07) is -1.07. The summed E-state index contributed by atoms with van der Waals surface area (Å²) in [4.78, 5) is 12.3. The molecule has 0 aliphatic rings. The second-order valence-corrected chi connectivity index (χ2v) is 14.0. The molecule has 0 saturated heterocycles. The lowest BCUT2D eigenvalue weighted by Gasteiger charge is -2.21. The number of nitrogens with one attached hydrogen (secondary N) is 1. The van der Waals surface area contributed by atoms with Gasteiger partial charge in [0, 0.05) is 6.42 Å². The molecule has 43 heavy (non-hydrogen) atoms. The van der Waals surface area contributed by atoms with Crippen LogP contribution in [-0.4, -0.2) is 41.9 Å². The van der Waals surface area contributed by atoms with E-state index in [1.54, 1.807) is 0 Å². The topological polar surface area (TPSA) is 104 Å². The van der Waals surface area contributed by atoms with Crippen LogP contribution in [0.4, 0.5) is 0 Å². The van der Waals surface area contributed by atoms with E-state index in [1.807, 2.05) is 6.08 Å². The fraction of sp³-hybridized carbons (Fsp3) is 0.861. The van der Waals surface area contributed by atoms with E-state index in [2.05, 4.69) is 31.3 Å². The van der Waals surface area contributed by atoms with Crippen LogP contribution in [0.3, 0.4) is 0 Å². The molecular weight excluding hydrogens is 558 g/mol. The van der Waals surface area contributed by atoms with E-state index in [9.17, 15) is 22.9 Å². The molecule has 0 aromatic rings. The van der Waals surface area contributed by atoms with Crippen molar-refractivity contribution in [2.75, 3.05) is 5.75 Å². The quantitative estimate of drug-likeness (QED) is 0.0391. The minimum absolute atomic E-state index is 0.289. The van der Waals surface area contributed by atoms with Gasteiger partial charge in [0.05, 0.1) is 17.9 Å². The Kier molecular flexibility index (Phi) is 30.0. The monoisotopic (exact) mass is 627 g/mol. The molecule has 0 aliphatic carbocycles. The van der Waals surface area contributed by atoms with Crippen molar-refractivity contribution in [1.82, 2.24) is 5.32 Å². The highest BCUT2D eigenvalue weighted by molar-refractivity contribution is 7.85. The number of allylic oxidation sites excluding steroid dienone is 3. The molecule has 0 fully saturated rings. The van der Waals surface area contributed by atoms with Crippen LogP contribution in [0, 0.1) is 0 Å². The number of hydrogen-bond donors (Lipinski definition) is 3. The Labute approximate surface area is 266 Å². The highest BCUT2D eigenvalue weighted by atomic mass is 32.2. The predicted octanol–water partition coefficient (Wildman–Crippen LogP) is 10.0. The molecular formula is C36H69NO5S. The van der Waals surface area contributed by atoms with Gasteiger partial charge in [0.2, 0.25) is 5.91 Å². The molecule has 0 heterocycles. The lowest BCUT2D eigenvalue weighted by Crippen LogP contribution is -2.46. The van der Waals surface area contributed by atoms with E-state index in [1.165, 1.54) is 128 Å². The summed E-state index contributed by atoms with van der Waals surface area (Å²) in [6.07, 6.45) is 37.5. The molecule has 0 aliphatic heterocycles. The van der Waals surface area contributed by atoms with Gasteiger partial charge in [0.1, 0.15) is 0 Å². The van der Waals surface area contributed by atoms with Crippen LogP contribution >= 0.6 is 0 Å². The lowest BCUT2D eigenvalue weighted by atomic mass is 10.0. The van der Waals surface area contributed by atoms with Gasteiger partial charge in [-0.15, -0.1) is 0 Å². The highest BCUT2D eigenvalue weighted by Gasteiger charge is 2.24. The van der Waals surface area contributed by atoms with Crippen molar-refractivity contribution in [2.24, 2.45) is 0 Å². The van der Waals surface area contributed by atoms with E-state index in [-0.39, 0.29) is 12.3 Å². The molecule has 2 unspecified atom stereocenters. The van der Waals surface area contributed by atoms with Gasteiger partial charge in [0.25, 0.3) is 10.1 Å². The number of hydrogen-bond acceptors (Lipinski definition) is 4. The normalized spacial score (nSPS) is 13.7. The van der Waals surface area contributed by atoms with Gasteiger partial charge >= 0.3 is 0 Å². The highest BCUT2D eigenvalue weighted by Crippen LogP contribution is 2.14. The first-order valence-electron chi connectivity index (χ1n) is 18.0. The van der Waals surface area contributed by atoms with E-state index >= 15 is 0 Å². The van der Waals surface area contributed by atoms with Crippen molar-refractivity contribution in [2.45, 2.75) is 193 Å². The number of unbranched alkanes of at least 4 members (excludes halogenated alkanes) is 22. The smallest absolute Gasteiger partial charge is 0.267 e. The van der Waals surface area contributed by atoms with Gasteiger partial charge in [-0.25, -0.2) is 0 Å². The van der Waals surface area contributed by atoms with Crippen molar-refractivity contribution in [3.8, 4) is 0 Å². The van der Waals surface area contributed by atoms with Crippen LogP contribution in [0.5, 0.6) is 0 Å². The number of rotatable bonds is 32. The Hall–Kier alpha value is -1.18. The van der Waals surface area contributed by atoms with Crippen molar-refractivity contribution in [1.29, 1.82) is 0 Å². The molecule has 0 spiro atoms. The van der Waals surface area contributed by atoms with Crippen LogP contribution in [0.25, 0.3) is 0 Å². The standard InChI is InChI=1S/C36H69NO5S/c1-3-5-7-9-11-13-14-15-16-17-18-19-20-21-22-23-24-25-27-29-31-35(38)34(33-43(40,41)42)37-36(39)32-30-28-26-12-10-8-6-4-2/h23-24,29,31,34-35,38H,3-22,25-28,30,32-33H2,1-2H3,(H,37,39)(H,40,41,42)/b24-23+,31-29+. The fourth-order valence-corrected chi connectivity index (χ4v) is 6.14. The minimum Gasteiger partial charge on any atom is -0.387 e. The second-order valence-electron chi connectivity index (χ2n) is 12.5. The zero-order chi connectivity index (χ0) is 31.9. The van der Waals surface area contributed by atoms with Gasteiger partial charge in [-0.05, 0) is 32.1 Å². The van der Waals surface area contributed by atoms with E-state index < -0.39 is 28.0 Å². The maximum Gasteiger partial charge on any atom is 0.267 e. The second kappa shape index (κ2) is 30.8. The van der Waals surface area contributed by atoms with Gasteiger partial charge in [0.15, 0.2) is 0 Å². The number of carbonyl (C=O) groups excluding carboxylic acids is 1. The minimum atomic E-state index is -4.34. The summed E-state index contributed by atoms with van der Waals surface area (Å²) in [7, 11) is -4.34. The molecule has 0 rings (SSSR count). The molecule has 3 N–H and O–H groups in total. The van der Waals surface area contributed by atoms with Gasteiger partial charge in [-0.2, -0.15) is 8.42 Å². The SMILES string of the molecule is CCCCCCCCCCCCCCCC/C=C/CC/C=C/C(O)C(CS(=O)(=O)O)NC(=O)CCCCCCCCCC. The van der Waals surface area contributed by atoms with Crippen molar-refractivity contribution in [3.05, 3.63) is 24.3 Å². The van der Waals surface area contributed by atoms with Crippen molar-refractivity contribution >= 4 is 16.0 Å². The summed E-state index contributed by atoms with van der Waals surface area (Å²) in [5.74, 6) is -1.00. The largest absolute Gasteiger partial charge is 0.387 e. The van der Waals surface area contributed by atoms with Crippen LogP contribution in [0.15, 0.2) is 24.3 Å². The Morgan fingerprint density at radius 3 is 1.47 bits per heavy atom. The lowest BCUT2D eigenvalue weighted by molar-refractivity contribution is -0.122. The third-order valence-corrected chi connectivity index (χ3v) is 8.91. The zero-order valence-electron chi connectivity index (χ0n) is 28.1. The molecule has 1 amide bonds. The predicted molar refractivity (Wildman–Crippen MR) is 184 cm³/mol. The number of carbonyl (C=O) groups is 1. The summed E-state index contributed by atoms with van der Waals surface area (Å²) in [5.41, 5.74) is 0. The van der Waals surface area contributed by atoms with Crippen LogP contribution in [0.1, 0.15) is 181 Å². The Balaban J connectivity index is 3.95. The summed E-state index contributed by atoms with van der Waals surface area (Å²) < 4.78 is 32.2. The zero-order valence-corrected chi connectivity index (χ0v) is 28.9. The molecule has 6 nitrogen and oxygen atoms in total. The molecule has 2 atom stereocenters. The first-order chi connectivity index (χ1) is 20.8. The first-order valence-corrected chi connectivity index (χ1v) is 19.6. The molecule has 0 saturated carbocycles. The third kappa shape index (κ3) is 32.0. The first kappa shape index (κ1) is 41.8. The Morgan fingerprint density at radius 1 is 0.605 bits per heavy atom. The molecule has 254 valence electrons. The van der Waals surface area contributed by atoms with E-state index in [0.29, 0.717) is 0 Å². The Bertz CT molecular complexity index is 781.